The largest absolute Gasteiger partial charge is 0.327 e. The third kappa shape index (κ3) is 1.63. The molecule has 0 spiro atoms. The molecule has 4 heteroatoms. The summed E-state index contributed by atoms with van der Waals surface area (Å²) in [5, 5.41) is 0. The SMILES string of the molecule is CCn1c(C(C)(N)C2CC2)nc2ccc(F)cc21. The van der Waals surface area contributed by atoms with Gasteiger partial charge in [-0.2, -0.15) is 0 Å². The van der Waals surface area contributed by atoms with Crippen LogP contribution in [0, 0.1) is 11.7 Å². The van der Waals surface area contributed by atoms with E-state index in [2.05, 4.69) is 4.98 Å². The van der Waals surface area contributed by atoms with Crippen LogP contribution in [0.25, 0.3) is 11.0 Å². The normalized spacial score (nSPS) is 19.1. The van der Waals surface area contributed by atoms with Crippen molar-refractivity contribution in [2.75, 3.05) is 0 Å². The quantitative estimate of drug-likeness (QED) is 0.906. The van der Waals surface area contributed by atoms with Crippen molar-refractivity contribution in [1.82, 2.24) is 9.55 Å². The van der Waals surface area contributed by atoms with Gasteiger partial charge in [0.2, 0.25) is 0 Å². The number of fused-ring (bicyclic) bond motifs is 1. The van der Waals surface area contributed by atoms with Gasteiger partial charge in [0.25, 0.3) is 0 Å². The number of aromatic nitrogens is 2. The Morgan fingerprint density at radius 1 is 1.50 bits per heavy atom. The summed E-state index contributed by atoms with van der Waals surface area (Å²) >= 11 is 0. The summed E-state index contributed by atoms with van der Waals surface area (Å²) in [6.07, 6.45) is 2.32. The van der Waals surface area contributed by atoms with Crippen LogP contribution in [0.5, 0.6) is 0 Å². The molecule has 0 aliphatic heterocycles. The molecular formula is C14H18FN3. The second-order valence-corrected chi connectivity index (χ2v) is 5.37. The van der Waals surface area contributed by atoms with Gasteiger partial charge in [0.05, 0.1) is 16.6 Å². The van der Waals surface area contributed by atoms with Crippen molar-refractivity contribution in [3.8, 4) is 0 Å². The van der Waals surface area contributed by atoms with Crippen LogP contribution < -0.4 is 5.73 Å². The molecule has 2 N–H and O–H groups in total. The summed E-state index contributed by atoms with van der Waals surface area (Å²) < 4.78 is 15.4. The predicted octanol–water partition coefficient (Wildman–Crippen LogP) is 2.78. The standard InChI is InChI=1S/C14H18FN3/c1-3-18-12-8-10(15)6-7-11(12)17-13(18)14(2,16)9-4-5-9/h6-9H,3-5,16H2,1-2H3. The molecule has 3 nitrogen and oxygen atoms in total. The maximum atomic E-state index is 13.4. The van der Waals surface area contributed by atoms with E-state index in [1.54, 1.807) is 6.07 Å². The maximum absolute atomic E-state index is 13.4. The van der Waals surface area contributed by atoms with Crippen molar-refractivity contribution < 1.29 is 4.39 Å². The van der Waals surface area contributed by atoms with Crippen molar-refractivity contribution in [3.63, 3.8) is 0 Å². The summed E-state index contributed by atoms with van der Waals surface area (Å²) in [5.74, 6) is 1.16. The zero-order valence-electron chi connectivity index (χ0n) is 10.8. The molecule has 0 saturated heterocycles. The smallest absolute Gasteiger partial charge is 0.130 e. The second kappa shape index (κ2) is 3.79. The molecule has 1 aromatic heterocycles. The van der Waals surface area contributed by atoms with Crippen molar-refractivity contribution >= 4 is 11.0 Å². The topological polar surface area (TPSA) is 43.8 Å². The highest BCUT2D eigenvalue weighted by Crippen LogP contribution is 2.44. The number of benzene rings is 1. The van der Waals surface area contributed by atoms with Crippen molar-refractivity contribution in [2.45, 2.75) is 38.8 Å². The highest BCUT2D eigenvalue weighted by molar-refractivity contribution is 5.76. The Morgan fingerprint density at radius 2 is 2.22 bits per heavy atom. The Bertz CT molecular complexity index is 596. The van der Waals surface area contributed by atoms with E-state index in [-0.39, 0.29) is 5.82 Å². The van der Waals surface area contributed by atoms with E-state index in [1.165, 1.54) is 12.1 Å². The van der Waals surface area contributed by atoms with Crippen LogP contribution in [0.1, 0.15) is 32.5 Å². The molecule has 1 heterocycles. The monoisotopic (exact) mass is 247 g/mol. The molecule has 1 aliphatic rings. The van der Waals surface area contributed by atoms with Crippen LogP contribution in [0.15, 0.2) is 18.2 Å². The first-order valence-corrected chi connectivity index (χ1v) is 6.49. The van der Waals surface area contributed by atoms with Gasteiger partial charge in [-0.25, -0.2) is 9.37 Å². The summed E-state index contributed by atoms with van der Waals surface area (Å²) in [4.78, 5) is 4.63. The zero-order chi connectivity index (χ0) is 12.9. The fourth-order valence-electron chi connectivity index (χ4n) is 2.69. The lowest BCUT2D eigenvalue weighted by molar-refractivity contribution is 0.385. The van der Waals surface area contributed by atoms with Gasteiger partial charge in [-0.15, -0.1) is 0 Å². The van der Waals surface area contributed by atoms with E-state index >= 15 is 0 Å². The van der Waals surface area contributed by atoms with Crippen LogP contribution in [0.4, 0.5) is 4.39 Å². The van der Waals surface area contributed by atoms with Crippen LogP contribution >= 0.6 is 0 Å². The van der Waals surface area contributed by atoms with Gasteiger partial charge >= 0.3 is 0 Å². The molecule has 0 bridgehead atoms. The van der Waals surface area contributed by atoms with Crippen molar-refractivity contribution in [3.05, 3.63) is 29.8 Å². The molecule has 1 aliphatic carbocycles. The first-order valence-electron chi connectivity index (χ1n) is 6.49. The van der Waals surface area contributed by atoms with Crippen LogP contribution in [-0.4, -0.2) is 9.55 Å². The molecule has 18 heavy (non-hydrogen) atoms. The number of imidazole rings is 1. The van der Waals surface area contributed by atoms with Gasteiger partial charge in [0, 0.05) is 6.54 Å². The van der Waals surface area contributed by atoms with Gasteiger partial charge in [-0.1, -0.05) is 0 Å². The lowest BCUT2D eigenvalue weighted by Gasteiger charge is -2.24. The maximum Gasteiger partial charge on any atom is 0.130 e. The van der Waals surface area contributed by atoms with E-state index in [9.17, 15) is 4.39 Å². The summed E-state index contributed by atoms with van der Waals surface area (Å²) in [7, 11) is 0. The summed E-state index contributed by atoms with van der Waals surface area (Å²) in [6.45, 7) is 4.84. The molecule has 0 amide bonds. The highest BCUT2D eigenvalue weighted by atomic mass is 19.1. The van der Waals surface area contributed by atoms with E-state index in [1.807, 2.05) is 18.4 Å². The Balaban J connectivity index is 2.22. The number of aryl methyl sites for hydroxylation is 1. The average Bonchev–Trinajstić information content (AvgIpc) is 3.11. The fraction of sp³-hybridized carbons (Fsp3) is 0.500. The molecule has 0 radical (unpaired) electrons. The van der Waals surface area contributed by atoms with E-state index < -0.39 is 5.54 Å². The minimum absolute atomic E-state index is 0.228. The Morgan fingerprint density at radius 3 is 2.83 bits per heavy atom. The van der Waals surface area contributed by atoms with Crippen molar-refractivity contribution in [1.29, 1.82) is 0 Å². The number of hydrogen-bond acceptors (Lipinski definition) is 2. The van der Waals surface area contributed by atoms with Gasteiger partial charge in [0.1, 0.15) is 11.6 Å². The second-order valence-electron chi connectivity index (χ2n) is 5.37. The van der Waals surface area contributed by atoms with Crippen LogP contribution in [0.3, 0.4) is 0 Å². The van der Waals surface area contributed by atoms with Gasteiger partial charge < -0.3 is 10.3 Å². The molecule has 96 valence electrons. The number of nitrogens with two attached hydrogens (primary N) is 1. The fourth-order valence-corrected chi connectivity index (χ4v) is 2.69. The third-order valence-corrected chi connectivity index (χ3v) is 3.93. The Hall–Kier alpha value is -1.42. The Kier molecular flexibility index (Phi) is 2.45. The predicted molar refractivity (Wildman–Crippen MR) is 69.6 cm³/mol. The lowest BCUT2D eigenvalue weighted by Crippen LogP contribution is -2.38. The van der Waals surface area contributed by atoms with E-state index in [0.717, 1.165) is 36.2 Å². The Labute approximate surface area is 106 Å². The molecule has 1 unspecified atom stereocenters. The minimum atomic E-state index is -0.411. The molecule has 1 atom stereocenters. The summed E-state index contributed by atoms with van der Waals surface area (Å²) in [5.41, 5.74) is 7.70. The van der Waals surface area contributed by atoms with E-state index in [0.29, 0.717) is 5.92 Å². The first-order chi connectivity index (χ1) is 8.54. The summed E-state index contributed by atoms with van der Waals surface area (Å²) in [6, 6.07) is 4.71. The molecular weight excluding hydrogens is 229 g/mol. The van der Waals surface area contributed by atoms with Crippen LogP contribution in [-0.2, 0) is 12.1 Å². The van der Waals surface area contributed by atoms with Gasteiger partial charge in [-0.3, -0.25) is 0 Å². The molecule has 1 fully saturated rings. The zero-order valence-corrected chi connectivity index (χ0v) is 10.8. The number of nitrogens with zero attached hydrogens (tertiary/aromatic N) is 2. The molecule has 3 rings (SSSR count). The van der Waals surface area contributed by atoms with Gasteiger partial charge in [-0.05, 0) is 50.8 Å². The number of halogens is 1. The average molecular weight is 247 g/mol. The highest BCUT2D eigenvalue weighted by Gasteiger charge is 2.42. The van der Waals surface area contributed by atoms with Gasteiger partial charge in [0.15, 0.2) is 0 Å². The first kappa shape index (κ1) is 11.7. The van der Waals surface area contributed by atoms with Crippen LogP contribution in [0.2, 0.25) is 0 Å². The number of hydrogen-bond donors (Lipinski definition) is 1. The molecule has 1 aromatic carbocycles. The minimum Gasteiger partial charge on any atom is -0.327 e. The third-order valence-electron chi connectivity index (χ3n) is 3.93. The number of rotatable bonds is 3. The van der Waals surface area contributed by atoms with Crippen molar-refractivity contribution in [2.24, 2.45) is 11.7 Å². The lowest BCUT2D eigenvalue weighted by atomic mass is 9.96. The molecule has 1 saturated carbocycles. The molecule has 2 aromatic rings. The van der Waals surface area contributed by atoms with E-state index in [4.69, 9.17) is 5.73 Å².